The number of anilines is 1. The number of carbonyl (C=O) groups is 1. The molecule has 1 N–H and O–H groups in total. The lowest BCUT2D eigenvalue weighted by Gasteiger charge is -2.08. The van der Waals surface area contributed by atoms with Gasteiger partial charge in [-0.05, 0) is 12.1 Å². The number of alkyl halides is 3. The number of nitrogens with one attached hydrogen (secondary N) is 1. The summed E-state index contributed by atoms with van der Waals surface area (Å²) >= 11 is 0. The van der Waals surface area contributed by atoms with E-state index in [-0.39, 0.29) is 18.6 Å². The van der Waals surface area contributed by atoms with Gasteiger partial charge in [-0.25, -0.2) is 0 Å². The van der Waals surface area contributed by atoms with Crippen molar-refractivity contribution >= 4 is 11.6 Å². The van der Waals surface area contributed by atoms with E-state index < -0.39 is 18.7 Å². The van der Waals surface area contributed by atoms with Gasteiger partial charge in [0.15, 0.2) is 0 Å². The maximum Gasteiger partial charge on any atom is 0.411 e. The average molecular weight is 272 g/mol. The molecule has 0 aromatic heterocycles. The van der Waals surface area contributed by atoms with Crippen LogP contribution in [0.1, 0.15) is 12.0 Å². The standard InChI is InChI=1S/C12H11F3N2O2/c13-12(14,15)8-19-6-5-11(18)17-10-4-2-1-3-9(10)7-16/h1-4H,5-6,8H2,(H,17,18). The first-order valence-electron chi connectivity index (χ1n) is 5.36. The highest BCUT2D eigenvalue weighted by molar-refractivity contribution is 5.92. The molecule has 0 radical (unpaired) electrons. The quantitative estimate of drug-likeness (QED) is 0.837. The fraction of sp³-hybridized carbons (Fsp3) is 0.333. The van der Waals surface area contributed by atoms with Crippen molar-refractivity contribution in [2.24, 2.45) is 0 Å². The van der Waals surface area contributed by atoms with Gasteiger partial charge in [0.05, 0.1) is 24.3 Å². The second-order valence-corrected chi connectivity index (χ2v) is 3.62. The number of amides is 1. The van der Waals surface area contributed by atoms with Crippen LogP contribution in [0.5, 0.6) is 0 Å². The second-order valence-electron chi connectivity index (χ2n) is 3.62. The van der Waals surface area contributed by atoms with E-state index in [1.54, 1.807) is 12.1 Å². The summed E-state index contributed by atoms with van der Waals surface area (Å²) in [6.07, 6.45) is -4.61. The zero-order chi connectivity index (χ0) is 14.3. The van der Waals surface area contributed by atoms with Crippen molar-refractivity contribution in [1.29, 1.82) is 5.26 Å². The lowest BCUT2D eigenvalue weighted by molar-refractivity contribution is -0.174. The van der Waals surface area contributed by atoms with Crippen molar-refractivity contribution < 1.29 is 22.7 Å². The first-order valence-corrected chi connectivity index (χ1v) is 5.36. The van der Waals surface area contributed by atoms with Crippen LogP contribution in [0.25, 0.3) is 0 Å². The summed E-state index contributed by atoms with van der Waals surface area (Å²) in [6, 6.07) is 8.23. The number of rotatable bonds is 5. The summed E-state index contributed by atoms with van der Waals surface area (Å²) in [5.74, 6) is -0.509. The van der Waals surface area contributed by atoms with Gasteiger partial charge in [0.25, 0.3) is 0 Å². The Morgan fingerprint density at radius 3 is 2.68 bits per heavy atom. The Labute approximate surface area is 107 Å². The van der Waals surface area contributed by atoms with Crippen LogP contribution in [0.3, 0.4) is 0 Å². The summed E-state index contributed by atoms with van der Waals surface area (Å²) in [4.78, 5) is 11.4. The van der Waals surface area contributed by atoms with Crippen LogP contribution in [0, 0.1) is 11.3 Å². The molecular weight excluding hydrogens is 261 g/mol. The number of ether oxygens (including phenoxy) is 1. The van der Waals surface area contributed by atoms with Crippen molar-refractivity contribution in [2.75, 3.05) is 18.5 Å². The van der Waals surface area contributed by atoms with Gasteiger partial charge in [-0.2, -0.15) is 18.4 Å². The smallest absolute Gasteiger partial charge is 0.372 e. The molecule has 0 saturated heterocycles. The summed E-state index contributed by atoms with van der Waals surface area (Å²) in [6.45, 7) is -1.71. The van der Waals surface area contributed by atoms with Gasteiger partial charge in [0, 0.05) is 0 Å². The highest BCUT2D eigenvalue weighted by Gasteiger charge is 2.27. The number of halogens is 3. The number of hydrogen-bond donors (Lipinski definition) is 1. The number of nitriles is 1. The summed E-state index contributed by atoms with van der Waals surface area (Å²) in [7, 11) is 0. The molecule has 1 amide bonds. The van der Waals surface area contributed by atoms with Crippen molar-refractivity contribution in [3.8, 4) is 6.07 Å². The zero-order valence-electron chi connectivity index (χ0n) is 9.83. The van der Waals surface area contributed by atoms with Crippen LogP contribution in [0.2, 0.25) is 0 Å². The molecule has 0 aliphatic heterocycles. The molecule has 0 aliphatic carbocycles. The van der Waals surface area contributed by atoms with Crippen LogP contribution in [0.15, 0.2) is 24.3 Å². The molecule has 1 aromatic rings. The maximum atomic E-state index is 11.8. The molecule has 19 heavy (non-hydrogen) atoms. The minimum atomic E-state index is -4.40. The zero-order valence-corrected chi connectivity index (χ0v) is 9.83. The molecule has 0 unspecified atom stereocenters. The van der Waals surface area contributed by atoms with Crippen LogP contribution in [0.4, 0.5) is 18.9 Å². The minimum Gasteiger partial charge on any atom is -0.372 e. The Morgan fingerprint density at radius 1 is 1.37 bits per heavy atom. The SMILES string of the molecule is N#Cc1ccccc1NC(=O)CCOCC(F)(F)F. The number of para-hydroxylation sites is 1. The molecule has 102 valence electrons. The molecular formula is C12H11F3N2O2. The van der Waals surface area contributed by atoms with Gasteiger partial charge in [-0.1, -0.05) is 12.1 Å². The van der Waals surface area contributed by atoms with Crippen molar-refractivity contribution in [3.05, 3.63) is 29.8 Å². The molecule has 0 aliphatic rings. The van der Waals surface area contributed by atoms with E-state index in [2.05, 4.69) is 10.1 Å². The molecule has 1 rings (SSSR count). The van der Waals surface area contributed by atoms with E-state index in [4.69, 9.17) is 5.26 Å². The largest absolute Gasteiger partial charge is 0.411 e. The maximum absolute atomic E-state index is 11.8. The minimum absolute atomic E-state index is 0.212. The third kappa shape index (κ3) is 5.88. The van der Waals surface area contributed by atoms with Crippen molar-refractivity contribution in [2.45, 2.75) is 12.6 Å². The average Bonchev–Trinajstić information content (AvgIpc) is 2.34. The summed E-state index contributed by atoms with van der Waals surface area (Å²) in [5, 5.41) is 11.2. The molecule has 0 bridgehead atoms. The first kappa shape index (κ1) is 15.0. The normalized spacial score (nSPS) is 10.8. The summed E-state index contributed by atoms with van der Waals surface area (Å²) < 4.78 is 39.6. The van der Waals surface area contributed by atoms with Crippen LogP contribution in [-0.2, 0) is 9.53 Å². The third-order valence-electron chi connectivity index (χ3n) is 2.06. The second kappa shape index (κ2) is 6.75. The van der Waals surface area contributed by atoms with Crippen molar-refractivity contribution in [3.63, 3.8) is 0 Å². The van der Waals surface area contributed by atoms with Crippen molar-refractivity contribution in [1.82, 2.24) is 0 Å². The number of benzene rings is 1. The van der Waals surface area contributed by atoms with Gasteiger partial charge in [-0.15, -0.1) is 0 Å². The van der Waals surface area contributed by atoms with Gasteiger partial charge in [0.1, 0.15) is 12.7 Å². The van der Waals surface area contributed by atoms with Gasteiger partial charge >= 0.3 is 6.18 Å². The van der Waals surface area contributed by atoms with E-state index >= 15 is 0 Å². The van der Waals surface area contributed by atoms with E-state index in [0.717, 1.165) is 0 Å². The fourth-order valence-corrected chi connectivity index (χ4v) is 1.26. The van der Waals surface area contributed by atoms with E-state index in [9.17, 15) is 18.0 Å². The Kier molecular flexibility index (Phi) is 5.33. The number of hydrogen-bond acceptors (Lipinski definition) is 3. The Bertz CT molecular complexity index is 481. The molecule has 0 saturated carbocycles. The van der Waals surface area contributed by atoms with E-state index in [1.165, 1.54) is 12.1 Å². The topological polar surface area (TPSA) is 62.1 Å². The highest BCUT2D eigenvalue weighted by Crippen LogP contribution is 2.15. The van der Waals surface area contributed by atoms with Gasteiger partial charge in [0.2, 0.25) is 5.91 Å². The lowest BCUT2D eigenvalue weighted by atomic mass is 10.2. The monoisotopic (exact) mass is 272 g/mol. The van der Waals surface area contributed by atoms with Crippen LogP contribution >= 0.6 is 0 Å². The van der Waals surface area contributed by atoms with Gasteiger partial charge < -0.3 is 10.1 Å². The predicted octanol–water partition coefficient (Wildman–Crippen LogP) is 2.47. The Hall–Kier alpha value is -2.07. The number of nitrogens with zero attached hydrogens (tertiary/aromatic N) is 1. The fourth-order valence-electron chi connectivity index (χ4n) is 1.26. The molecule has 0 spiro atoms. The molecule has 7 heteroatoms. The molecule has 0 atom stereocenters. The van der Waals surface area contributed by atoms with E-state index in [1.807, 2.05) is 6.07 Å². The van der Waals surface area contributed by atoms with Crippen LogP contribution < -0.4 is 5.32 Å². The molecule has 0 heterocycles. The molecule has 4 nitrogen and oxygen atoms in total. The van der Waals surface area contributed by atoms with E-state index in [0.29, 0.717) is 5.69 Å². The molecule has 1 aromatic carbocycles. The first-order chi connectivity index (χ1) is 8.92. The van der Waals surface area contributed by atoms with Crippen LogP contribution in [-0.4, -0.2) is 25.3 Å². The molecule has 0 fully saturated rings. The predicted molar refractivity (Wildman–Crippen MR) is 61.3 cm³/mol. The number of carbonyl (C=O) groups excluding carboxylic acids is 1. The lowest BCUT2D eigenvalue weighted by Crippen LogP contribution is -2.20. The van der Waals surface area contributed by atoms with Gasteiger partial charge in [-0.3, -0.25) is 4.79 Å². The summed E-state index contributed by atoms with van der Waals surface area (Å²) in [5.41, 5.74) is 0.609. The Morgan fingerprint density at radius 2 is 2.05 bits per heavy atom. The Balaban J connectivity index is 2.38. The highest BCUT2D eigenvalue weighted by atomic mass is 19.4. The third-order valence-corrected chi connectivity index (χ3v) is 2.06.